The molecule has 9 heteroatoms. The van der Waals surface area contributed by atoms with Crippen molar-refractivity contribution in [1.82, 2.24) is 20.2 Å². The maximum Gasteiger partial charge on any atom is 0.277 e. The van der Waals surface area contributed by atoms with Crippen molar-refractivity contribution in [2.45, 2.75) is 4.90 Å². The van der Waals surface area contributed by atoms with E-state index < -0.39 is 10.0 Å². The van der Waals surface area contributed by atoms with E-state index >= 15 is 0 Å². The highest BCUT2D eigenvalue weighted by Gasteiger charge is 2.16. The summed E-state index contributed by atoms with van der Waals surface area (Å²) < 4.78 is 26.4. The summed E-state index contributed by atoms with van der Waals surface area (Å²) in [6.07, 6.45) is 0. The normalized spacial score (nSPS) is 10.7. The first-order valence-corrected chi connectivity index (χ1v) is 6.96. The number of rotatable bonds is 3. The van der Waals surface area contributed by atoms with E-state index in [0.29, 0.717) is 5.56 Å². The Labute approximate surface area is 115 Å². The van der Waals surface area contributed by atoms with Crippen LogP contribution in [0.2, 0.25) is 0 Å². The van der Waals surface area contributed by atoms with Gasteiger partial charge in [-0.25, -0.2) is 13.1 Å². The van der Waals surface area contributed by atoms with Crippen molar-refractivity contribution in [3.8, 4) is 11.8 Å². The number of hydrogen-bond donors (Lipinski definition) is 2. The number of sulfonamides is 1. The summed E-state index contributed by atoms with van der Waals surface area (Å²) in [5, 5.41) is 19.4. The number of nitrogens with one attached hydrogen (secondary N) is 1. The van der Waals surface area contributed by atoms with E-state index in [1.807, 2.05) is 0 Å². The summed E-state index contributed by atoms with van der Waals surface area (Å²) in [6.45, 7) is -0.293. The fourth-order valence-electron chi connectivity index (χ4n) is 1.39. The van der Waals surface area contributed by atoms with Crippen molar-refractivity contribution in [2.24, 2.45) is 7.05 Å². The van der Waals surface area contributed by atoms with Gasteiger partial charge in [0, 0.05) is 5.56 Å². The van der Waals surface area contributed by atoms with Crippen LogP contribution in [0, 0.1) is 11.8 Å². The molecule has 0 saturated heterocycles. The quantitative estimate of drug-likeness (QED) is 0.728. The largest absolute Gasteiger partial charge is 0.384 e. The zero-order chi connectivity index (χ0) is 14.6. The van der Waals surface area contributed by atoms with E-state index in [9.17, 15) is 8.42 Å². The second-order valence-corrected chi connectivity index (χ2v) is 5.38. The lowest BCUT2D eigenvalue weighted by Gasteiger charge is -2.04. The van der Waals surface area contributed by atoms with Crippen molar-refractivity contribution in [3.05, 3.63) is 29.8 Å². The Morgan fingerprint density at radius 2 is 2.25 bits per heavy atom. The van der Waals surface area contributed by atoms with Crippen LogP contribution in [0.4, 0.5) is 5.95 Å². The third-order valence-electron chi connectivity index (χ3n) is 2.19. The maximum absolute atomic E-state index is 12.1. The predicted molar refractivity (Wildman–Crippen MR) is 70.0 cm³/mol. The molecule has 20 heavy (non-hydrogen) atoms. The summed E-state index contributed by atoms with van der Waals surface area (Å²) in [4.78, 5) is 1.16. The molecular formula is C11H11N5O3S. The van der Waals surface area contributed by atoms with Gasteiger partial charge in [0.2, 0.25) is 0 Å². The Hall–Kier alpha value is -2.44. The average Bonchev–Trinajstić information content (AvgIpc) is 2.81. The van der Waals surface area contributed by atoms with Gasteiger partial charge < -0.3 is 5.11 Å². The number of hydrogen-bond acceptors (Lipinski definition) is 6. The van der Waals surface area contributed by atoms with Crippen LogP contribution in [-0.2, 0) is 17.1 Å². The first-order valence-electron chi connectivity index (χ1n) is 5.48. The Morgan fingerprint density at radius 1 is 1.45 bits per heavy atom. The molecular weight excluding hydrogens is 282 g/mol. The van der Waals surface area contributed by atoms with E-state index in [0.717, 1.165) is 4.80 Å². The Kier molecular flexibility index (Phi) is 3.97. The van der Waals surface area contributed by atoms with Gasteiger partial charge in [-0.05, 0) is 23.4 Å². The molecule has 104 valence electrons. The minimum Gasteiger partial charge on any atom is -0.384 e. The molecule has 0 amide bonds. The van der Waals surface area contributed by atoms with Crippen molar-refractivity contribution >= 4 is 16.0 Å². The second-order valence-electron chi connectivity index (χ2n) is 3.70. The van der Waals surface area contributed by atoms with Gasteiger partial charge in [-0.2, -0.15) is 4.80 Å². The smallest absolute Gasteiger partial charge is 0.277 e. The lowest BCUT2D eigenvalue weighted by Crippen LogP contribution is -2.14. The van der Waals surface area contributed by atoms with E-state index in [4.69, 9.17) is 5.11 Å². The standard InChI is InChI=1S/C11H11N5O3S/c1-16-13-11(12-15-16)14-20(18,19)10-6-2-4-9(8-10)5-3-7-17/h2,4,6,8,17H,7H2,1H3,(H,13,14). The molecule has 2 N–H and O–H groups in total. The number of tetrazole rings is 1. The number of aryl methyl sites for hydroxylation is 1. The molecule has 1 heterocycles. The maximum atomic E-state index is 12.1. The molecule has 0 unspecified atom stereocenters. The van der Waals surface area contributed by atoms with Gasteiger partial charge in [0.1, 0.15) is 6.61 Å². The minimum absolute atomic E-state index is 0.0229. The van der Waals surface area contributed by atoms with Crippen LogP contribution in [0.5, 0.6) is 0 Å². The lowest BCUT2D eigenvalue weighted by molar-refractivity contribution is 0.350. The van der Waals surface area contributed by atoms with Gasteiger partial charge in [0.25, 0.3) is 16.0 Å². The molecule has 0 aliphatic rings. The summed E-state index contributed by atoms with van der Waals surface area (Å²) in [5.74, 6) is 4.97. The topological polar surface area (TPSA) is 110 Å². The van der Waals surface area contributed by atoms with Gasteiger partial charge in [-0.15, -0.1) is 5.10 Å². The fourth-order valence-corrected chi connectivity index (χ4v) is 2.37. The summed E-state index contributed by atoms with van der Waals surface area (Å²) in [7, 11) is -2.28. The molecule has 0 aliphatic heterocycles. The van der Waals surface area contributed by atoms with Crippen LogP contribution >= 0.6 is 0 Å². The van der Waals surface area contributed by atoms with Crippen molar-refractivity contribution in [2.75, 3.05) is 11.3 Å². The van der Waals surface area contributed by atoms with Crippen LogP contribution in [0.25, 0.3) is 0 Å². The van der Waals surface area contributed by atoms with Crippen LogP contribution in [-0.4, -0.2) is 40.3 Å². The molecule has 0 fully saturated rings. The van der Waals surface area contributed by atoms with Crippen LogP contribution in [0.3, 0.4) is 0 Å². The third-order valence-corrected chi connectivity index (χ3v) is 3.52. The molecule has 0 aliphatic carbocycles. The first-order chi connectivity index (χ1) is 9.51. The number of nitrogens with zero attached hydrogens (tertiary/aromatic N) is 4. The molecule has 0 atom stereocenters. The molecule has 0 radical (unpaired) electrons. The highest BCUT2D eigenvalue weighted by atomic mass is 32.2. The van der Waals surface area contributed by atoms with Gasteiger partial charge >= 0.3 is 0 Å². The van der Waals surface area contributed by atoms with E-state index in [-0.39, 0.29) is 17.5 Å². The van der Waals surface area contributed by atoms with Gasteiger partial charge in [0.05, 0.1) is 11.9 Å². The zero-order valence-electron chi connectivity index (χ0n) is 10.5. The van der Waals surface area contributed by atoms with E-state index in [2.05, 4.69) is 32.0 Å². The van der Waals surface area contributed by atoms with Crippen molar-refractivity contribution in [3.63, 3.8) is 0 Å². The molecule has 0 bridgehead atoms. The average molecular weight is 293 g/mol. The highest BCUT2D eigenvalue weighted by Crippen LogP contribution is 2.13. The predicted octanol–water partition coefficient (Wildman–Crippen LogP) is -0.645. The van der Waals surface area contributed by atoms with Gasteiger partial charge in [0.15, 0.2) is 0 Å². The molecule has 8 nitrogen and oxygen atoms in total. The van der Waals surface area contributed by atoms with Gasteiger partial charge in [-0.3, -0.25) is 0 Å². The second kappa shape index (κ2) is 5.68. The Morgan fingerprint density at radius 3 is 2.90 bits per heavy atom. The Bertz CT molecular complexity index is 773. The molecule has 0 spiro atoms. The van der Waals surface area contributed by atoms with Gasteiger partial charge in [-0.1, -0.05) is 23.0 Å². The summed E-state index contributed by atoms with van der Waals surface area (Å²) in [5.41, 5.74) is 0.481. The Balaban J connectivity index is 2.29. The molecule has 1 aromatic heterocycles. The number of aliphatic hydroxyl groups excluding tert-OH is 1. The lowest BCUT2D eigenvalue weighted by atomic mass is 10.2. The van der Waals surface area contributed by atoms with E-state index in [1.54, 1.807) is 12.1 Å². The molecule has 2 rings (SSSR count). The molecule has 1 aromatic carbocycles. The minimum atomic E-state index is -3.81. The highest BCUT2D eigenvalue weighted by molar-refractivity contribution is 7.92. The SMILES string of the molecule is Cn1nnc(NS(=O)(=O)c2cccc(C#CCO)c2)n1. The number of benzene rings is 1. The van der Waals surface area contributed by atoms with E-state index in [1.165, 1.54) is 19.2 Å². The molecule has 0 saturated carbocycles. The van der Waals surface area contributed by atoms with Crippen LogP contribution in [0.1, 0.15) is 5.56 Å². The molecule has 2 aromatic rings. The number of aromatic nitrogens is 4. The zero-order valence-corrected chi connectivity index (χ0v) is 11.3. The number of anilines is 1. The van der Waals surface area contributed by atoms with Crippen LogP contribution < -0.4 is 4.72 Å². The third kappa shape index (κ3) is 3.31. The monoisotopic (exact) mass is 293 g/mol. The number of aliphatic hydroxyl groups is 1. The first kappa shape index (κ1) is 14.0. The summed E-state index contributed by atoms with van der Waals surface area (Å²) in [6, 6.07) is 6.01. The van der Waals surface area contributed by atoms with Crippen molar-refractivity contribution in [1.29, 1.82) is 0 Å². The van der Waals surface area contributed by atoms with Crippen LogP contribution in [0.15, 0.2) is 29.2 Å². The van der Waals surface area contributed by atoms with Crippen molar-refractivity contribution < 1.29 is 13.5 Å². The fraction of sp³-hybridized carbons (Fsp3) is 0.182. The summed E-state index contributed by atoms with van der Waals surface area (Å²) >= 11 is 0.